The van der Waals surface area contributed by atoms with E-state index in [1.165, 1.54) is 25.3 Å². The highest BCUT2D eigenvalue weighted by molar-refractivity contribution is 6.31. The smallest absolute Gasteiger partial charge is 0.236 e. The lowest BCUT2D eigenvalue weighted by Crippen LogP contribution is -2.48. The molecule has 2 aromatic carbocycles. The molecule has 0 aromatic heterocycles. The van der Waals surface area contributed by atoms with E-state index in [4.69, 9.17) is 9.47 Å². The molecule has 1 unspecified atom stereocenters. The Hall–Kier alpha value is -4.38. The number of hydrogen-bond donors (Lipinski definition) is 8. The second kappa shape index (κ2) is 12.0. The van der Waals surface area contributed by atoms with Crippen LogP contribution in [0, 0.1) is 0 Å². The number of Topliss-reactive ketones (excluding diaryl/α,β-unsaturated/α-hetero) is 1. The average Bonchev–Trinajstić information content (AvgIpc) is 3.01. The van der Waals surface area contributed by atoms with Crippen LogP contribution in [-0.2, 0) is 36.9 Å². The molecule has 8 N–H and O–H groups in total. The number of carbonyl (C=O) groups is 4. The van der Waals surface area contributed by atoms with Crippen molar-refractivity contribution < 1.29 is 64.1 Å². The van der Waals surface area contributed by atoms with Crippen LogP contribution in [0.15, 0.2) is 30.2 Å². The number of aliphatic hydroxyl groups excluding tert-OH is 3. The molecule has 5 rings (SSSR count). The van der Waals surface area contributed by atoms with Crippen LogP contribution in [0.1, 0.15) is 67.5 Å². The quantitative estimate of drug-likeness (QED) is 0.111. The topological polar surface area (TPSA) is 241 Å². The van der Waals surface area contributed by atoms with Crippen molar-refractivity contribution in [2.45, 2.75) is 49.9 Å². The molecule has 0 saturated carbocycles. The highest BCUT2D eigenvalue weighted by atomic mass is 16.7. The van der Waals surface area contributed by atoms with Crippen molar-refractivity contribution in [3.8, 4) is 11.5 Å². The maximum Gasteiger partial charge on any atom is 0.236 e. The molecule has 0 saturated heterocycles. The summed E-state index contributed by atoms with van der Waals surface area (Å²) in [6, 6.07) is 3.20. The molecule has 15 nitrogen and oxygen atoms in total. The van der Waals surface area contributed by atoms with Gasteiger partial charge in [0.05, 0.1) is 43.5 Å². The molecular formula is C29H30N2O13. The van der Waals surface area contributed by atoms with Crippen molar-refractivity contribution in [2.24, 2.45) is 0 Å². The number of phenols is 2. The number of nitrogens with one attached hydrogen (secondary N) is 2. The minimum atomic E-state index is -2.33. The number of amides is 1. The van der Waals surface area contributed by atoms with Crippen molar-refractivity contribution in [3.05, 3.63) is 69.2 Å². The first kappa shape index (κ1) is 31.1. The Balaban J connectivity index is 1.58. The number of ketones is 3. The molecule has 1 amide bonds. The van der Waals surface area contributed by atoms with Crippen LogP contribution >= 0.6 is 0 Å². The number of hydroxylamine groups is 1. The van der Waals surface area contributed by atoms with E-state index in [0.29, 0.717) is 0 Å². The van der Waals surface area contributed by atoms with Crippen LogP contribution < -0.4 is 10.8 Å². The van der Waals surface area contributed by atoms with E-state index >= 15 is 0 Å². The largest absolute Gasteiger partial charge is 0.507 e. The van der Waals surface area contributed by atoms with Gasteiger partial charge in [-0.3, -0.25) is 19.2 Å². The monoisotopic (exact) mass is 614 g/mol. The van der Waals surface area contributed by atoms with Gasteiger partial charge in [-0.15, -0.1) is 0 Å². The molecule has 2 aliphatic carbocycles. The van der Waals surface area contributed by atoms with E-state index in [9.17, 15) is 49.8 Å². The Morgan fingerprint density at radius 3 is 2.48 bits per heavy atom. The van der Waals surface area contributed by atoms with E-state index in [1.807, 2.05) is 0 Å². The Labute approximate surface area is 249 Å². The highest BCUT2D eigenvalue weighted by Gasteiger charge is 2.49. The van der Waals surface area contributed by atoms with E-state index in [2.05, 4.69) is 15.6 Å². The molecule has 15 heteroatoms. The standard InChI is InChI=1S/C29H30N2O13/c1-42-30-8-19(36)31-15-5-20(43-11-16(15)34)44-17-7-29(41,18(35)10-33)6-14-22(17)28(40)24-23(26(14)38)25(37)13-4-2-3-12(9-32)21(13)27(24)39/h2-4,11,15,17,20,30,32-34,38,40-41H,5-10H2,1H3,(H,31,36)/t15?,17-,20-,29-/m0/s1. The van der Waals surface area contributed by atoms with Gasteiger partial charge in [-0.2, -0.15) is 5.48 Å². The first-order valence-corrected chi connectivity index (χ1v) is 13.5. The summed E-state index contributed by atoms with van der Waals surface area (Å²) in [6.45, 7) is -1.91. The number of fused-ring (bicyclic) bond motifs is 3. The highest BCUT2D eigenvalue weighted by Crippen LogP contribution is 2.52. The van der Waals surface area contributed by atoms with Gasteiger partial charge in [-0.25, -0.2) is 0 Å². The third-order valence-corrected chi connectivity index (χ3v) is 7.97. The van der Waals surface area contributed by atoms with Gasteiger partial charge < -0.3 is 50.3 Å². The fraction of sp³-hybridized carbons (Fsp3) is 0.379. The van der Waals surface area contributed by atoms with Gasteiger partial charge >= 0.3 is 0 Å². The van der Waals surface area contributed by atoms with Crippen LogP contribution in [0.25, 0.3) is 0 Å². The van der Waals surface area contributed by atoms with E-state index in [-0.39, 0.29) is 46.5 Å². The first-order chi connectivity index (χ1) is 20.9. The molecule has 4 atom stereocenters. The third-order valence-electron chi connectivity index (χ3n) is 7.97. The average molecular weight is 615 g/mol. The molecular weight excluding hydrogens is 584 g/mol. The van der Waals surface area contributed by atoms with Crippen molar-refractivity contribution in [1.82, 2.24) is 10.8 Å². The number of rotatable bonds is 9. The SMILES string of the molecule is CONCC(=O)NC1C[C@H](O[C@H]2C[C@](O)(C(=O)CO)Cc3c(O)c4c(c(O)c32)C(=O)c2c(CO)cccc2C4=O)OC=C1O. The normalized spacial score (nSPS) is 24.0. The maximum atomic E-state index is 13.7. The van der Waals surface area contributed by atoms with Gasteiger partial charge in [-0.1, -0.05) is 18.2 Å². The lowest BCUT2D eigenvalue weighted by atomic mass is 9.71. The van der Waals surface area contributed by atoms with Gasteiger partial charge in [0.15, 0.2) is 17.3 Å². The summed E-state index contributed by atoms with van der Waals surface area (Å²) >= 11 is 0. The molecule has 1 heterocycles. The Morgan fingerprint density at radius 2 is 1.80 bits per heavy atom. The summed E-state index contributed by atoms with van der Waals surface area (Å²) in [7, 11) is 1.31. The second-order valence-electron chi connectivity index (χ2n) is 10.6. The summed E-state index contributed by atoms with van der Waals surface area (Å²) in [5.74, 6) is -5.15. The lowest BCUT2D eigenvalue weighted by molar-refractivity contribution is -0.181. The zero-order valence-corrected chi connectivity index (χ0v) is 23.3. The number of ether oxygens (including phenoxy) is 2. The third kappa shape index (κ3) is 5.19. The molecule has 1 aliphatic heterocycles. The fourth-order valence-corrected chi connectivity index (χ4v) is 5.84. The molecule has 234 valence electrons. The maximum absolute atomic E-state index is 13.7. The predicted molar refractivity (Wildman–Crippen MR) is 145 cm³/mol. The van der Waals surface area contributed by atoms with Crippen LogP contribution in [0.5, 0.6) is 11.5 Å². The van der Waals surface area contributed by atoms with E-state index < -0.39 is 96.0 Å². The van der Waals surface area contributed by atoms with Gasteiger partial charge in [-0.05, 0) is 5.56 Å². The van der Waals surface area contributed by atoms with Crippen LogP contribution in [0.3, 0.4) is 0 Å². The fourth-order valence-electron chi connectivity index (χ4n) is 5.84. The Morgan fingerprint density at radius 1 is 1.07 bits per heavy atom. The number of hydrogen-bond acceptors (Lipinski definition) is 14. The molecule has 0 fully saturated rings. The Bertz CT molecular complexity index is 1590. The first-order valence-electron chi connectivity index (χ1n) is 13.5. The number of carbonyl (C=O) groups excluding carboxylic acids is 4. The van der Waals surface area contributed by atoms with Crippen LogP contribution in [0.4, 0.5) is 0 Å². The Kier molecular flexibility index (Phi) is 8.44. The van der Waals surface area contributed by atoms with Crippen molar-refractivity contribution in [2.75, 3.05) is 20.3 Å². The summed E-state index contributed by atoms with van der Waals surface area (Å²) in [6.07, 6.45) is -3.24. The summed E-state index contributed by atoms with van der Waals surface area (Å²) < 4.78 is 11.4. The van der Waals surface area contributed by atoms with Gasteiger partial charge in [0.25, 0.3) is 0 Å². The number of phenolic OH excluding ortho intramolecular Hbond substituents is 2. The van der Waals surface area contributed by atoms with Gasteiger partial charge in [0.2, 0.25) is 12.2 Å². The molecule has 0 bridgehead atoms. The second-order valence-corrected chi connectivity index (χ2v) is 10.6. The number of aliphatic hydroxyl groups is 4. The zero-order chi connectivity index (χ0) is 31.9. The van der Waals surface area contributed by atoms with Gasteiger partial charge in [0, 0.05) is 41.5 Å². The van der Waals surface area contributed by atoms with E-state index in [0.717, 1.165) is 6.26 Å². The van der Waals surface area contributed by atoms with E-state index in [1.54, 1.807) is 0 Å². The van der Waals surface area contributed by atoms with Crippen molar-refractivity contribution in [1.29, 1.82) is 0 Å². The van der Waals surface area contributed by atoms with Crippen LogP contribution in [-0.4, -0.2) is 92.1 Å². The summed E-state index contributed by atoms with van der Waals surface area (Å²) in [4.78, 5) is 56.7. The molecule has 0 spiro atoms. The minimum Gasteiger partial charge on any atom is -0.507 e. The predicted octanol–water partition coefficient (Wildman–Crippen LogP) is -0.556. The van der Waals surface area contributed by atoms with Crippen molar-refractivity contribution in [3.63, 3.8) is 0 Å². The number of benzene rings is 2. The molecule has 3 aliphatic rings. The summed E-state index contributed by atoms with van der Waals surface area (Å²) in [5.41, 5.74) is -1.72. The zero-order valence-electron chi connectivity index (χ0n) is 23.3. The molecule has 0 radical (unpaired) electrons. The number of aromatic hydroxyl groups is 2. The van der Waals surface area contributed by atoms with Gasteiger partial charge in [0.1, 0.15) is 35.7 Å². The summed E-state index contributed by atoms with van der Waals surface area (Å²) in [5, 5.41) is 66.4. The molecule has 2 aromatic rings. The minimum absolute atomic E-state index is 0.120. The lowest BCUT2D eigenvalue weighted by Gasteiger charge is -2.40. The molecule has 44 heavy (non-hydrogen) atoms. The van der Waals surface area contributed by atoms with Crippen LogP contribution in [0.2, 0.25) is 0 Å². The van der Waals surface area contributed by atoms with Crippen molar-refractivity contribution >= 4 is 23.3 Å².